The van der Waals surface area contributed by atoms with Crippen molar-refractivity contribution in [3.63, 3.8) is 0 Å². The van der Waals surface area contributed by atoms with Crippen molar-refractivity contribution in [1.29, 1.82) is 0 Å². The van der Waals surface area contributed by atoms with Crippen LogP contribution in [0.1, 0.15) is 6.42 Å². The molecule has 10 heteroatoms. The number of nitrogens with one attached hydrogen (secondary N) is 1. The lowest BCUT2D eigenvalue weighted by molar-refractivity contribution is 0.249. The summed E-state index contributed by atoms with van der Waals surface area (Å²) in [5.41, 5.74) is 0.347. The van der Waals surface area contributed by atoms with Crippen molar-refractivity contribution in [2.45, 2.75) is 11.3 Å². The Morgan fingerprint density at radius 2 is 1.87 bits per heavy atom. The van der Waals surface area contributed by atoms with Gasteiger partial charge in [-0.15, -0.1) is 0 Å². The second-order valence-corrected chi connectivity index (χ2v) is 10.0. The number of methoxy groups -OCH3 is 2. The maximum Gasteiger partial charge on any atom is 0.263 e. The number of likely N-dealkylation sites (tertiary alicyclic amines) is 1. The van der Waals surface area contributed by atoms with Crippen LogP contribution in [-0.2, 0) is 10.0 Å². The average molecular weight is 520 g/mol. The summed E-state index contributed by atoms with van der Waals surface area (Å²) < 4.78 is 45.2. The van der Waals surface area contributed by atoms with Crippen LogP contribution in [-0.4, -0.2) is 54.3 Å². The van der Waals surface area contributed by atoms with Crippen molar-refractivity contribution in [2.24, 2.45) is 5.92 Å². The molecular formula is C20H24BrClN2O5S. The first kappa shape index (κ1) is 23.0. The maximum atomic E-state index is 13.0. The molecule has 1 heterocycles. The number of ether oxygens (including phenoxy) is 3. The Hall–Kier alpha value is -1.68. The molecular weight excluding hydrogens is 496 g/mol. The molecule has 1 atom stereocenters. The molecule has 0 saturated carbocycles. The van der Waals surface area contributed by atoms with Crippen LogP contribution in [0, 0.1) is 5.92 Å². The van der Waals surface area contributed by atoms with Crippen LogP contribution >= 0.6 is 27.5 Å². The van der Waals surface area contributed by atoms with Crippen LogP contribution < -0.4 is 18.9 Å². The highest BCUT2D eigenvalue weighted by Crippen LogP contribution is 2.37. The topological polar surface area (TPSA) is 77.1 Å². The van der Waals surface area contributed by atoms with Gasteiger partial charge in [-0.05, 0) is 54.1 Å². The Morgan fingerprint density at radius 3 is 2.50 bits per heavy atom. The zero-order valence-corrected chi connectivity index (χ0v) is 20.1. The Balaban J connectivity index is 1.80. The van der Waals surface area contributed by atoms with Crippen molar-refractivity contribution < 1.29 is 22.6 Å². The first-order valence-corrected chi connectivity index (χ1v) is 11.9. The molecule has 1 fully saturated rings. The van der Waals surface area contributed by atoms with Gasteiger partial charge in [-0.25, -0.2) is 8.42 Å². The fraction of sp³-hybridized carbons (Fsp3) is 0.400. The number of nitrogens with zero attached hydrogens (tertiary/aromatic N) is 1. The van der Waals surface area contributed by atoms with E-state index < -0.39 is 10.0 Å². The molecule has 1 unspecified atom stereocenters. The zero-order chi connectivity index (χ0) is 21.9. The molecule has 1 N–H and O–H groups in total. The molecule has 0 spiro atoms. The van der Waals surface area contributed by atoms with E-state index in [9.17, 15) is 8.42 Å². The van der Waals surface area contributed by atoms with Gasteiger partial charge in [0.2, 0.25) is 0 Å². The minimum absolute atomic E-state index is 0.0200. The number of halogens is 2. The van der Waals surface area contributed by atoms with E-state index in [4.69, 9.17) is 25.8 Å². The summed E-state index contributed by atoms with van der Waals surface area (Å²) in [4.78, 5) is 2.27. The molecule has 1 aliphatic heterocycles. The first-order valence-electron chi connectivity index (χ1n) is 9.28. The van der Waals surface area contributed by atoms with Gasteiger partial charge >= 0.3 is 0 Å². The molecule has 0 aromatic heterocycles. The van der Waals surface area contributed by atoms with E-state index in [1.807, 2.05) is 0 Å². The largest absolute Gasteiger partial charge is 0.493 e. The predicted octanol–water partition coefficient (Wildman–Crippen LogP) is 4.25. The minimum Gasteiger partial charge on any atom is -0.493 e. The van der Waals surface area contributed by atoms with Crippen molar-refractivity contribution in [3.05, 3.63) is 39.8 Å². The molecule has 1 aliphatic rings. The fourth-order valence-corrected chi connectivity index (χ4v) is 5.56. The average Bonchev–Trinajstić information content (AvgIpc) is 3.12. The number of rotatable bonds is 8. The van der Waals surface area contributed by atoms with E-state index in [0.29, 0.717) is 45.0 Å². The lowest BCUT2D eigenvalue weighted by Crippen LogP contribution is -2.18. The summed E-state index contributed by atoms with van der Waals surface area (Å²) in [7, 11) is 1.10. The fourth-order valence-electron chi connectivity index (χ4n) is 3.30. The van der Waals surface area contributed by atoms with Crippen molar-refractivity contribution >= 4 is 43.2 Å². The highest BCUT2D eigenvalue weighted by atomic mass is 79.9. The summed E-state index contributed by atoms with van der Waals surface area (Å²) in [6.07, 6.45) is 1.06. The van der Waals surface area contributed by atoms with E-state index in [2.05, 4.69) is 32.6 Å². The summed E-state index contributed by atoms with van der Waals surface area (Å²) in [5, 5.41) is 0.427. The Kier molecular flexibility index (Phi) is 7.38. The van der Waals surface area contributed by atoms with Gasteiger partial charge in [-0.3, -0.25) is 4.72 Å². The highest BCUT2D eigenvalue weighted by Gasteiger charge is 2.23. The third-order valence-electron chi connectivity index (χ3n) is 4.87. The molecule has 2 aromatic rings. The second kappa shape index (κ2) is 9.64. The van der Waals surface area contributed by atoms with Gasteiger partial charge in [0, 0.05) is 29.1 Å². The number of benzene rings is 2. The maximum absolute atomic E-state index is 13.0. The molecule has 2 aromatic carbocycles. The Labute approximate surface area is 190 Å². The monoisotopic (exact) mass is 518 g/mol. The number of anilines is 1. The van der Waals surface area contributed by atoms with Crippen LogP contribution in [0.2, 0.25) is 5.02 Å². The van der Waals surface area contributed by atoms with Crippen molar-refractivity contribution in [3.8, 4) is 17.2 Å². The third-order valence-corrected chi connectivity index (χ3v) is 7.53. The van der Waals surface area contributed by atoms with Gasteiger partial charge < -0.3 is 19.1 Å². The molecule has 164 valence electrons. The molecule has 0 aliphatic carbocycles. The third kappa shape index (κ3) is 5.32. The van der Waals surface area contributed by atoms with Gasteiger partial charge in [0.15, 0.2) is 11.5 Å². The van der Waals surface area contributed by atoms with Crippen LogP contribution in [0.3, 0.4) is 0 Å². The molecule has 7 nitrogen and oxygen atoms in total. The van der Waals surface area contributed by atoms with Crippen LogP contribution in [0.25, 0.3) is 0 Å². The summed E-state index contributed by atoms with van der Waals surface area (Å²) in [6, 6.07) is 7.73. The SMILES string of the molecule is COc1cc(Br)c(S(=O)(=O)Nc2ccc(Cl)c(OCC3CCN(C)C3)c2)cc1OC. The van der Waals surface area contributed by atoms with Gasteiger partial charge in [-0.2, -0.15) is 0 Å². The number of sulfonamides is 1. The summed E-state index contributed by atoms with van der Waals surface area (Å²) in [5.74, 6) is 1.60. The first-order chi connectivity index (χ1) is 14.2. The standard InChI is InChI=1S/C20H24BrClN2O5S/c1-24-7-6-13(11-24)12-29-17-8-14(4-5-16(17)22)23-30(25,26)20-10-19(28-3)18(27-2)9-15(20)21/h4-5,8-10,13,23H,6-7,11-12H2,1-3H3. The Morgan fingerprint density at radius 1 is 1.17 bits per heavy atom. The smallest absolute Gasteiger partial charge is 0.263 e. The zero-order valence-electron chi connectivity index (χ0n) is 16.9. The second-order valence-electron chi connectivity index (χ2n) is 7.12. The molecule has 0 amide bonds. The lowest BCUT2D eigenvalue weighted by Gasteiger charge is -2.16. The van der Waals surface area contributed by atoms with Gasteiger partial charge in [0.25, 0.3) is 10.0 Å². The van der Waals surface area contributed by atoms with Crippen molar-refractivity contribution in [2.75, 3.05) is 45.7 Å². The molecule has 0 radical (unpaired) electrons. The summed E-state index contributed by atoms with van der Waals surface area (Å²) >= 11 is 9.54. The molecule has 30 heavy (non-hydrogen) atoms. The minimum atomic E-state index is -3.91. The van der Waals surface area contributed by atoms with Gasteiger partial charge in [0.1, 0.15) is 10.6 Å². The molecule has 3 rings (SSSR count). The van der Waals surface area contributed by atoms with Crippen molar-refractivity contribution in [1.82, 2.24) is 4.90 Å². The Bertz CT molecular complexity index is 1020. The summed E-state index contributed by atoms with van der Waals surface area (Å²) in [6.45, 7) is 2.54. The van der Waals surface area contributed by atoms with E-state index >= 15 is 0 Å². The van der Waals surface area contributed by atoms with E-state index in [-0.39, 0.29) is 4.90 Å². The van der Waals surface area contributed by atoms with Gasteiger partial charge in [-0.1, -0.05) is 11.6 Å². The predicted molar refractivity (Wildman–Crippen MR) is 121 cm³/mol. The van der Waals surface area contributed by atoms with Crippen LogP contribution in [0.15, 0.2) is 39.7 Å². The van der Waals surface area contributed by atoms with E-state index in [1.165, 1.54) is 20.3 Å². The molecule has 1 saturated heterocycles. The van der Waals surface area contributed by atoms with E-state index in [0.717, 1.165) is 19.5 Å². The molecule has 0 bridgehead atoms. The van der Waals surface area contributed by atoms with Crippen LogP contribution in [0.5, 0.6) is 17.2 Å². The van der Waals surface area contributed by atoms with Gasteiger partial charge in [0.05, 0.1) is 31.5 Å². The lowest BCUT2D eigenvalue weighted by atomic mass is 10.1. The normalized spacial score (nSPS) is 17.0. The van der Waals surface area contributed by atoms with E-state index in [1.54, 1.807) is 24.3 Å². The number of hydrogen-bond acceptors (Lipinski definition) is 6. The highest BCUT2D eigenvalue weighted by molar-refractivity contribution is 9.10. The van der Waals surface area contributed by atoms with Crippen LogP contribution in [0.4, 0.5) is 5.69 Å². The quantitative estimate of drug-likeness (QED) is 0.562. The number of hydrogen-bond donors (Lipinski definition) is 1.